The molecule has 1 nitrogen and oxygen atoms in total. The lowest BCUT2D eigenvalue weighted by molar-refractivity contribution is 0.503. The average Bonchev–Trinajstić information content (AvgIpc) is 2.74. The van der Waals surface area contributed by atoms with Crippen molar-refractivity contribution in [2.75, 3.05) is 0 Å². The van der Waals surface area contributed by atoms with E-state index in [-0.39, 0.29) is 0 Å². The van der Waals surface area contributed by atoms with Crippen LogP contribution in [0.5, 0.6) is 0 Å². The van der Waals surface area contributed by atoms with Gasteiger partial charge in [-0.1, -0.05) is 32.1 Å². The standard InChI is InChI=1S/C10H19N/c11-10-6-4-2-1-3-5-8-7-9(8)10/h8-10H,1-7,11H2. The summed E-state index contributed by atoms with van der Waals surface area (Å²) in [5.74, 6) is 1.95. The van der Waals surface area contributed by atoms with Crippen molar-refractivity contribution in [1.82, 2.24) is 0 Å². The molecule has 0 radical (unpaired) electrons. The molecule has 1 heteroatoms. The van der Waals surface area contributed by atoms with Gasteiger partial charge in [-0.25, -0.2) is 0 Å². The molecule has 3 atom stereocenters. The molecule has 0 amide bonds. The van der Waals surface area contributed by atoms with Gasteiger partial charge in [-0.2, -0.15) is 0 Å². The lowest BCUT2D eigenvalue weighted by atomic mass is 10.1. The third-order valence-corrected chi connectivity index (χ3v) is 3.39. The van der Waals surface area contributed by atoms with E-state index in [1.807, 2.05) is 0 Å². The van der Waals surface area contributed by atoms with Gasteiger partial charge in [0.15, 0.2) is 0 Å². The second-order valence-electron chi connectivity index (χ2n) is 4.32. The molecule has 0 heterocycles. The van der Waals surface area contributed by atoms with Gasteiger partial charge in [0.25, 0.3) is 0 Å². The van der Waals surface area contributed by atoms with E-state index in [4.69, 9.17) is 5.73 Å². The Bertz CT molecular complexity index is 133. The van der Waals surface area contributed by atoms with Crippen LogP contribution >= 0.6 is 0 Å². The molecule has 2 N–H and O–H groups in total. The zero-order chi connectivity index (χ0) is 7.68. The molecule has 0 aromatic carbocycles. The molecule has 2 fully saturated rings. The lowest BCUT2D eigenvalue weighted by Gasteiger charge is -2.08. The monoisotopic (exact) mass is 153 g/mol. The van der Waals surface area contributed by atoms with E-state index in [0.717, 1.165) is 11.8 Å². The Morgan fingerprint density at radius 2 is 1.64 bits per heavy atom. The Kier molecular flexibility index (Phi) is 2.17. The van der Waals surface area contributed by atoms with Crippen molar-refractivity contribution in [3.05, 3.63) is 0 Å². The Hall–Kier alpha value is -0.0400. The summed E-state index contributed by atoms with van der Waals surface area (Å²) in [6, 6.07) is 0.554. The third-order valence-electron chi connectivity index (χ3n) is 3.39. The first-order valence-corrected chi connectivity index (χ1v) is 5.13. The summed E-state index contributed by atoms with van der Waals surface area (Å²) in [6.45, 7) is 0. The Morgan fingerprint density at radius 1 is 0.909 bits per heavy atom. The quantitative estimate of drug-likeness (QED) is 0.568. The minimum absolute atomic E-state index is 0.554. The largest absolute Gasteiger partial charge is 0.327 e. The molecular formula is C10H19N. The molecular weight excluding hydrogens is 134 g/mol. The number of hydrogen-bond donors (Lipinski definition) is 1. The fourth-order valence-corrected chi connectivity index (χ4v) is 2.48. The highest BCUT2D eigenvalue weighted by molar-refractivity contribution is 4.93. The predicted molar refractivity (Wildman–Crippen MR) is 47.3 cm³/mol. The molecule has 0 bridgehead atoms. The minimum atomic E-state index is 0.554. The maximum atomic E-state index is 6.06. The van der Waals surface area contributed by atoms with Gasteiger partial charge in [0.1, 0.15) is 0 Å². The van der Waals surface area contributed by atoms with E-state index in [0.29, 0.717) is 6.04 Å². The van der Waals surface area contributed by atoms with Crippen LogP contribution in [0.3, 0.4) is 0 Å². The Labute approximate surface area is 69.4 Å². The molecule has 0 aromatic heterocycles. The topological polar surface area (TPSA) is 26.0 Å². The first-order valence-electron chi connectivity index (χ1n) is 5.13. The van der Waals surface area contributed by atoms with E-state index in [1.165, 1.54) is 44.9 Å². The van der Waals surface area contributed by atoms with Crippen LogP contribution in [0.4, 0.5) is 0 Å². The second-order valence-corrected chi connectivity index (χ2v) is 4.32. The van der Waals surface area contributed by atoms with Crippen LogP contribution in [0.2, 0.25) is 0 Å². The molecule has 0 spiro atoms. The molecule has 11 heavy (non-hydrogen) atoms. The number of nitrogens with two attached hydrogens (primary N) is 1. The van der Waals surface area contributed by atoms with Crippen LogP contribution in [0.1, 0.15) is 44.9 Å². The molecule has 64 valence electrons. The molecule has 0 aliphatic heterocycles. The van der Waals surface area contributed by atoms with Crippen LogP contribution in [-0.4, -0.2) is 6.04 Å². The van der Waals surface area contributed by atoms with Gasteiger partial charge in [-0.3, -0.25) is 0 Å². The number of rotatable bonds is 0. The highest BCUT2D eigenvalue weighted by atomic mass is 14.7. The van der Waals surface area contributed by atoms with Crippen molar-refractivity contribution in [1.29, 1.82) is 0 Å². The number of hydrogen-bond acceptors (Lipinski definition) is 1. The summed E-state index contributed by atoms with van der Waals surface area (Å²) in [5, 5.41) is 0. The zero-order valence-corrected chi connectivity index (χ0v) is 7.26. The fraction of sp³-hybridized carbons (Fsp3) is 1.00. The van der Waals surface area contributed by atoms with E-state index in [9.17, 15) is 0 Å². The summed E-state index contributed by atoms with van der Waals surface area (Å²) in [6.07, 6.45) is 9.93. The van der Waals surface area contributed by atoms with Crippen molar-refractivity contribution in [2.45, 2.75) is 51.0 Å². The second kappa shape index (κ2) is 3.14. The summed E-state index contributed by atoms with van der Waals surface area (Å²) in [5.41, 5.74) is 6.06. The summed E-state index contributed by atoms with van der Waals surface area (Å²) in [4.78, 5) is 0. The zero-order valence-electron chi connectivity index (χ0n) is 7.26. The van der Waals surface area contributed by atoms with Gasteiger partial charge >= 0.3 is 0 Å². The molecule has 2 aliphatic rings. The lowest BCUT2D eigenvalue weighted by Crippen LogP contribution is -2.22. The van der Waals surface area contributed by atoms with Gasteiger partial charge in [-0.05, 0) is 24.7 Å². The first-order chi connectivity index (χ1) is 5.38. The highest BCUT2D eigenvalue weighted by Gasteiger charge is 2.40. The van der Waals surface area contributed by atoms with Crippen molar-refractivity contribution < 1.29 is 0 Å². The maximum absolute atomic E-state index is 6.06. The summed E-state index contributed by atoms with van der Waals surface area (Å²) < 4.78 is 0. The molecule has 2 rings (SSSR count). The molecule has 2 saturated carbocycles. The van der Waals surface area contributed by atoms with E-state index in [1.54, 1.807) is 0 Å². The summed E-state index contributed by atoms with van der Waals surface area (Å²) in [7, 11) is 0. The van der Waals surface area contributed by atoms with Gasteiger partial charge in [-0.15, -0.1) is 0 Å². The van der Waals surface area contributed by atoms with Crippen LogP contribution in [-0.2, 0) is 0 Å². The van der Waals surface area contributed by atoms with E-state index < -0.39 is 0 Å². The molecule has 2 aliphatic carbocycles. The van der Waals surface area contributed by atoms with Crippen LogP contribution < -0.4 is 5.73 Å². The van der Waals surface area contributed by atoms with Crippen LogP contribution in [0, 0.1) is 11.8 Å². The van der Waals surface area contributed by atoms with Gasteiger partial charge in [0.05, 0.1) is 0 Å². The molecule has 3 unspecified atom stereocenters. The normalized spacial score (nSPS) is 45.0. The fourth-order valence-electron chi connectivity index (χ4n) is 2.48. The SMILES string of the molecule is NC1CCCCCCC2CC12. The van der Waals surface area contributed by atoms with Gasteiger partial charge in [0.2, 0.25) is 0 Å². The van der Waals surface area contributed by atoms with Crippen LogP contribution in [0.15, 0.2) is 0 Å². The number of fused-ring (bicyclic) bond motifs is 1. The van der Waals surface area contributed by atoms with Crippen molar-refractivity contribution >= 4 is 0 Å². The smallest absolute Gasteiger partial charge is 0.00699 e. The van der Waals surface area contributed by atoms with E-state index >= 15 is 0 Å². The maximum Gasteiger partial charge on any atom is 0.00699 e. The average molecular weight is 153 g/mol. The van der Waals surface area contributed by atoms with Gasteiger partial charge in [0, 0.05) is 6.04 Å². The first kappa shape index (κ1) is 7.60. The minimum Gasteiger partial charge on any atom is -0.327 e. The van der Waals surface area contributed by atoms with Crippen molar-refractivity contribution in [3.8, 4) is 0 Å². The molecule has 0 saturated heterocycles. The van der Waals surface area contributed by atoms with E-state index in [2.05, 4.69) is 0 Å². The summed E-state index contributed by atoms with van der Waals surface area (Å²) >= 11 is 0. The predicted octanol–water partition coefficient (Wildman–Crippen LogP) is 2.30. The Morgan fingerprint density at radius 3 is 2.45 bits per heavy atom. The highest BCUT2D eigenvalue weighted by Crippen LogP contribution is 2.46. The molecule has 0 aromatic rings. The van der Waals surface area contributed by atoms with Gasteiger partial charge < -0.3 is 5.73 Å². The Balaban J connectivity index is 1.85. The third kappa shape index (κ3) is 1.76. The van der Waals surface area contributed by atoms with Crippen molar-refractivity contribution in [3.63, 3.8) is 0 Å². The van der Waals surface area contributed by atoms with Crippen molar-refractivity contribution in [2.24, 2.45) is 17.6 Å². The van der Waals surface area contributed by atoms with Crippen LogP contribution in [0.25, 0.3) is 0 Å².